The molecule has 0 heterocycles. The minimum absolute atomic E-state index is 0.331. The lowest BCUT2D eigenvalue weighted by Crippen LogP contribution is -2.24. The summed E-state index contributed by atoms with van der Waals surface area (Å²) in [5.41, 5.74) is 2.09. The molecule has 0 aromatic heterocycles. The molecular weight excluding hydrogens is 220 g/mol. The van der Waals surface area contributed by atoms with Crippen molar-refractivity contribution in [2.45, 2.75) is 19.8 Å². The molecule has 0 bridgehead atoms. The number of aldehydes is 1. The molecule has 0 aliphatic rings. The Kier molecular flexibility index (Phi) is 3.93. The highest BCUT2D eigenvalue weighted by Gasteiger charge is 2.24. The van der Waals surface area contributed by atoms with Crippen LogP contribution in [0.25, 0.3) is 0 Å². The van der Waals surface area contributed by atoms with Gasteiger partial charge < -0.3 is 4.79 Å². The topological polar surface area (TPSA) is 17.1 Å². The van der Waals surface area contributed by atoms with Crippen LogP contribution < -0.4 is 0 Å². The van der Waals surface area contributed by atoms with Gasteiger partial charge in [0.25, 0.3) is 0 Å². The summed E-state index contributed by atoms with van der Waals surface area (Å²) in [7, 11) is 0. The molecule has 2 aromatic carbocycles. The van der Waals surface area contributed by atoms with E-state index in [2.05, 4.69) is 24.3 Å². The Labute approximate surface area is 108 Å². The summed E-state index contributed by atoms with van der Waals surface area (Å²) >= 11 is 0. The van der Waals surface area contributed by atoms with Crippen LogP contribution in [0.3, 0.4) is 0 Å². The first-order chi connectivity index (χ1) is 8.72. The van der Waals surface area contributed by atoms with Crippen molar-refractivity contribution in [2.24, 2.45) is 5.41 Å². The summed E-state index contributed by atoms with van der Waals surface area (Å²) in [6.45, 7) is 2.03. The van der Waals surface area contributed by atoms with Crippen molar-refractivity contribution in [3.05, 3.63) is 71.8 Å². The molecule has 0 aliphatic carbocycles. The predicted octanol–water partition coefficient (Wildman–Crippen LogP) is 3.68. The molecule has 0 amide bonds. The molecule has 0 saturated carbocycles. The van der Waals surface area contributed by atoms with Crippen molar-refractivity contribution < 1.29 is 4.79 Å². The van der Waals surface area contributed by atoms with E-state index in [0.29, 0.717) is 0 Å². The molecule has 0 unspecified atom stereocenters. The first kappa shape index (κ1) is 12.6. The van der Waals surface area contributed by atoms with E-state index in [1.165, 1.54) is 11.1 Å². The Bertz CT molecular complexity index is 446. The van der Waals surface area contributed by atoms with Crippen molar-refractivity contribution in [3.63, 3.8) is 0 Å². The van der Waals surface area contributed by atoms with Gasteiger partial charge in [-0.1, -0.05) is 67.6 Å². The summed E-state index contributed by atoms with van der Waals surface area (Å²) in [4.78, 5) is 11.4. The Morgan fingerprint density at radius 3 is 1.56 bits per heavy atom. The molecule has 0 radical (unpaired) electrons. The van der Waals surface area contributed by atoms with Gasteiger partial charge in [-0.2, -0.15) is 0 Å². The fourth-order valence-corrected chi connectivity index (χ4v) is 2.27. The van der Waals surface area contributed by atoms with E-state index in [1.807, 2.05) is 43.3 Å². The van der Waals surface area contributed by atoms with Crippen molar-refractivity contribution in [1.29, 1.82) is 0 Å². The lowest BCUT2D eigenvalue weighted by molar-refractivity contribution is -0.115. The maximum atomic E-state index is 11.4. The SMILES string of the molecule is CC(C=O)(Cc1ccccc1)Cc1ccccc1. The van der Waals surface area contributed by atoms with E-state index in [-0.39, 0.29) is 5.41 Å². The van der Waals surface area contributed by atoms with E-state index in [0.717, 1.165) is 19.1 Å². The second-order valence-corrected chi connectivity index (χ2v) is 5.10. The molecule has 0 atom stereocenters. The van der Waals surface area contributed by atoms with Crippen LogP contribution >= 0.6 is 0 Å². The third kappa shape index (κ3) is 3.30. The third-order valence-electron chi connectivity index (χ3n) is 3.19. The number of benzene rings is 2. The van der Waals surface area contributed by atoms with Gasteiger partial charge in [0.2, 0.25) is 0 Å². The van der Waals surface area contributed by atoms with Gasteiger partial charge in [0.05, 0.1) is 0 Å². The van der Waals surface area contributed by atoms with Gasteiger partial charge in [0.1, 0.15) is 6.29 Å². The molecule has 2 rings (SSSR count). The van der Waals surface area contributed by atoms with Crippen LogP contribution in [-0.2, 0) is 17.6 Å². The number of hydrogen-bond donors (Lipinski definition) is 0. The van der Waals surface area contributed by atoms with Gasteiger partial charge in [0, 0.05) is 5.41 Å². The standard InChI is InChI=1S/C17H18O/c1-17(14-18,12-15-8-4-2-5-9-15)13-16-10-6-3-7-11-16/h2-11,14H,12-13H2,1H3. The van der Waals surface area contributed by atoms with Crippen LogP contribution in [0.1, 0.15) is 18.1 Å². The number of rotatable bonds is 5. The average molecular weight is 238 g/mol. The molecule has 1 nitrogen and oxygen atoms in total. The minimum atomic E-state index is -0.331. The second kappa shape index (κ2) is 5.63. The molecule has 0 spiro atoms. The minimum Gasteiger partial charge on any atom is -0.303 e. The van der Waals surface area contributed by atoms with Gasteiger partial charge in [0.15, 0.2) is 0 Å². The van der Waals surface area contributed by atoms with Crippen LogP contribution in [0, 0.1) is 5.41 Å². The highest BCUT2D eigenvalue weighted by atomic mass is 16.1. The zero-order valence-electron chi connectivity index (χ0n) is 10.7. The van der Waals surface area contributed by atoms with Gasteiger partial charge in [-0.25, -0.2) is 0 Å². The predicted molar refractivity (Wildman–Crippen MR) is 74.5 cm³/mol. The smallest absolute Gasteiger partial charge is 0.126 e. The van der Waals surface area contributed by atoms with E-state index in [4.69, 9.17) is 0 Å². The first-order valence-corrected chi connectivity index (χ1v) is 6.26. The molecule has 0 fully saturated rings. The average Bonchev–Trinajstić information content (AvgIpc) is 2.41. The van der Waals surface area contributed by atoms with Crippen LogP contribution in [-0.4, -0.2) is 6.29 Å². The monoisotopic (exact) mass is 238 g/mol. The Balaban J connectivity index is 2.13. The number of hydrogen-bond acceptors (Lipinski definition) is 1. The van der Waals surface area contributed by atoms with E-state index >= 15 is 0 Å². The van der Waals surface area contributed by atoms with Crippen LogP contribution in [0.2, 0.25) is 0 Å². The molecular formula is C17H18O. The van der Waals surface area contributed by atoms with Gasteiger partial charge in [-0.05, 0) is 24.0 Å². The third-order valence-corrected chi connectivity index (χ3v) is 3.19. The van der Waals surface area contributed by atoms with Crippen molar-refractivity contribution in [1.82, 2.24) is 0 Å². The first-order valence-electron chi connectivity index (χ1n) is 6.26. The molecule has 92 valence electrons. The summed E-state index contributed by atoms with van der Waals surface area (Å²) in [6, 6.07) is 20.4. The fraction of sp³-hybridized carbons (Fsp3) is 0.235. The lowest BCUT2D eigenvalue weighted by Gasteiger charge is -2.23. The lowest BCUT2D eigenvalue weighted by atomic mass is 9.80. The summed E-state index contributed by atoms with van der Waals surface area (Å²) in [5, 5.41) is 0. The van der Waals surface area contributed by atoms with Crippen LogP contribution in [0.4, 0.5) is 0 Å². The van der Waals surface area contributed by atoms with Gasteiger partial charge in [-0.3, -0.25) is 0 Å². The maximum absolute atomic E-state index is 11.4. The van der Waals surface area contributed by atoms with Crippen molar-refractivity contribution in [3.8, 4) is 0 Å². The van der Waals surface area contributed by atoms with Crippen molar-refractivity contribution >= 4 is 6.29 Å². The van der Waals surface area contributed by atoms with E-state index in [9.17, 15) is 4.79 Å². The molecule has 18 heavy (non-hydrogen) atoms. The molecule has 2 aromatic rings. The fourth-order valence-electron chi connectivity index (χ4n) is 2.27. The van der Waals surface area contributed by atoms with Crippen LogP contribution in [0.15, 0.2) is 60.7 Å². The zero-order chi connectivity index (χ0) is 12.8. The summed E-state index contributed by atoms with van der Waals surface area (Å²) < 4.78 is 0. The Hall–Kier alpha value is -1.89. The maximum Gasteiger partial charge on any atom is 0.126 e. The highest BCUT2D eigenvalue weighted by molar-refractivity contribution is 5.60. The molecule has 0 saturated heterocycles. The quantitative estimate of drug-likeness (QED) is 0.726. The van der Waals surface area contributed by atoms with Crippen molar-refractivity contribution in [2.75, 3.05) is 0 Å². The largest absolute Gasteiger partial charge is 0.303 e. The number of carbonyl (C=O) groups is 1. The highest BCUT2D eigenvalue weighted by Crippen LogP contribution is 2.25. The van der Waals surface area contributed by atoms with Gasteiger partial charge >= 0.3 is 0 Å². The van der Waals surface area contributed by atoms with E-state index in [1.54, 1.807) is 0 Å². The Morgan fingerprint density at radius 2 is 1.22 bits per heavy atom. The normalized spacial score (nSPS) is 11.2. The Morgan fingerprint density at radius 1 is 0.833 bits per heavy atom. The van der Waals surface area contributed by atoms with Crippen LogP contribution in [0.5, 0.6) is 0 Å². The molecule has 0 aliphatic heterocycles. The molecule has 1 heteroatoms. The van der Waals surface area contributed by atoms with Gasteiger partial charge in [-0.15, -0.1) is 0 Å². The summed E-state index contributed by atoms with van der Waals surface area (Å²) in [6.07, 6.45) is 2.66. The zero-order valence-corrected chi connectivity index (χ0v) is 10.7. The second-order valence-electron chi connectivity index (χ2n) is 5.10. The molecule has 0 N–H and O–H groups in total. The summed E-state index contributed by atoms with van der Waals surface area (Å²) in [5.74, 6) is 0. The number of carbonyl (C=O) groups excluding carboxylic acids is 1. The van der Waals surface area contributed by atoms with E-state index < -0.39 is 0 Å².